The highest BCUT2D eigenvalue weighted by Crippen LogP contribution is 2.18. The Labute approximate surface area is 117 Å². The number of aromatic nitrogens is 1. The Morgan fingerprint density at radius 3 is 2.63 bits per heavy atom. The molecular weight excluding hydrogens is 236 g/mol. The predicted octanol–water partition coefficient (Wildman–Crippen LogP) is 3.53. The lowest BCUT2D eigenvalue weighted by molar-refractivity contribution is 0.0941. The molecule has 0 saturated heterocycles. The summed E-state index contributed by atoms with van der Waals surface area (Å²) in [6.07, 6.45) is 4.17. The van der Waals surface area contributed by atoms with Gasteiger partial charge in [0.15, 0.2) is 0 Å². The van der Waals surface area contributed by atoms with Crippen molar-refractivity contribution in [3.8, 4) is 0 Å². The van der Waals surface area contributed by atoms with Gasteiger partial charge in [-0.1, -0.05) is 33.8 Å². The molecule has 1 heterocycles. The van der Waals surface area contributed by atoms with E-state index in [1.165, 1.54) is 5.56 Å². The molecule has 0 aliphatic rings. The van der Waals surface area contributed by atoms with Gasteiger partial charge in [-0.25, -0.2) is 0 Å². The van der Waals surface area contributed by atoms with Crippen LogP contribution in [0.15, 0.2) is 18.3 Å². The summed E-state index contributed by atoms with van der Waals surface area (Å²) in [7, 11) is 0. The van der Waals surface area contributed by atoms with Crippen molar-refractivity contribution < 1.29 is 4.74 Å². The largest absolute Gasteiger partial charge is 0.375 e. The van der Waals surface area contributed by atoms with E-state index in [2.05, 4.69) is 50.1 Å². The van der Waals surface area contributed by atoms with Crippen molar-refractivity contribution in [3.63, 3.8) is 0 Å². The van der Waals surface area contributed by atoms with E-state index in [0.717, 1.165) is 38.2 Å². The molecule has 0 unspecified atom stereocenters. The topological polar surface area (TPSA) is 34.1 Å². The molecule has 0 radical (unpaired) electrons. The fraction of sp³-hybridized carbons (Fsp3) is 0.688. The quantitative estimate of drug-likeness (QED) is 0.729. The molecule has 0 aliphatic heterocycles. The molecule has 0 atom stereocenters. The van der Waals surface area contributed by atoms with Gasteiger partial charge in [-0.05, 0) is 36.4 Å². The summed E-state index contributed by atoms with van der Waals surface area (Å²) >= 11 is 0. The van der Waals surface area contributed by atoms with Crippen molar-refractivity contribution in [2.24, 2.45) is 5.41 Å². The van der Waals surface area contributed by atoms with Crippen LogP contribution in [0.3, 0.4) is 0 Å². The molecule has 0 aliphatic carbocycles. The van der Waals surface area contributed by atoms with Gasteiger partial charge >= 0.3 is 0 Å². The highest BCUT2D eigenvalue weighted by molar-refractivity contribution is 5.13. The first kappa shape index (κ1) is 16.1. The maximum absolute atomic E-state index is 5.66. The molecule has 0 bridgehead atoms. The normalized spacial score (nSPS) is 11.8. The molecule has 0 fully saturated rings. The second-order valence-electron chi connectivity index (χ2n) is 6.20. The average molecular weight is 264 g/mol. The zero-order valence-corrected chi connectivity index (χ0v) is 12.8. The minimum Gasteiger partial charge on any atom is -0.375 e. The van der Waals surface area contributed by atoms with E-state index in [-0.39, 0.29) is 0 Å². The highest BCUT2D eigenvalue weighted by Gasteiger charge is 2.09. The average Bonchev–Trinajstić information content (AvgIpc) is 2.36. The van der Waals surface area contributed by atoms with Gasteiger partial charge in [0.2, 0.25) is 0 Å². The summed E-state index contributed by atoms with van der Waals surface area (Å²) in [4.78, 5) is 4.43. The molecule has 1 aromatic rings. The first-order valence-corrected chi connectivity index (χ1v) is 7.23. The van der Waals surface area contributed by atoms with Crippen molar-refractivity contribution in [1.29, 1.82) is 0 Å². The van der Waals surface area contributed by atoms with Crippen LogP contribution >= 0.6 is 0 Å². The van der Waals surface area contributed by atoms with E-state index < -0.39 is 0 Å². The van der Waals surface area contributed by atoms with Crippen LogP contribution < -0.4 is 5.32 Å². The summed E-state index contributed by atoms with van der Waals surface area (Å²) in [5, 5.41) is 3.37. The molecule has 0 amide bonds. The number of ether oxygens (including phenoxy) is 1. The van der Waals surface area contributed by atoms with Gasteiger partial charge in [-0.3, -0.25) is 4.98 Å². The molecule has 0 saturated carbocycles. The summed E-state index contributed by atoms with van der Waals surface area (Å²) < 4.78 is 5.66. The first-order valence-electron chi connectivity index (χ1n) is 7.23. The molecule has 1 N–H and O–H groups in total. The van der Waals surface area contributed by atoms with Crippen molar-refractivity contribution in [1.82, 2.24) is 10.3 Å². The van der Waals surface area contributed by atoms with Crippen molar-refractivity contribution in [3.05, 3.63) is 29.6 Å². The third-order valence-electron chi connectivity index (χ3n) is 2.89. The van der Waals surface area contributed by atoms with Gasteiger partial charge in [-0.15, -0.1) is 0 Å². The number of rotatable bonds is 8. The molecule has 3 heteroatoms. The smallest absolute Gasteiger partial charge is 0.0887 e. The van der Waals surface area contributed by atoms with Gasteiger partial charge in [-0.2, -0.15) is 0 Å². The molecule has 0 aromatic carbocycles. The molecule has 19 heavy (non-hydrogen) atoms. The summed E-state index contributed by atoms with van der Waals surface area (Å²) in [5.74, 6) is 0. The van der Waals surface area contributed by atoms with Gasteiger partial charge < -0.3 is 10.1 Å². The third kappa shape index (κ3) is 7.96. The van der Waals surface area contributed by atoms with Gasteiger partial charge in [0, 0.05) is 19.3 Å². The Kier molecular flexibility index (Phi) is 7.03. The summed E-state index contributed by atoms with van der Waals surface area (Å²) in [6.45, 7) is 12.2. The van der Waals surface area contributed by atoms with Crippen LogP contribution in [0, 0.1) is 5.41 Å². The van der Waals surface area contributed by atoms with E-state index >= 15 is 0 Å². The molecule has 1 rings (SSSR count). The SMILES string of the molecule is CCCNCc1ccc(COCCC(C)(C)C)nc1. The van der Waals surface area contributed by atoms with Crippen LogP contribution in [-0.2, 0) is 17.9 Å². The zero-order chi connectivity index (χ0) is 14.1. The lowest BCUT2D eigenvalue weighted by Crippen LogP contribution is -2.14. The second-order valence-corrected chi connectivity index (χ2v) is 6.20. The standard InChI is InChI=1S/C16H28N2O/c1-5-9-17-11-14-6-7-15(18-12-14)13-19-10-8-16(2,3)4/h6-7,12,17H,5,8-11,13H2,1-4H3. The van der Waals surface area contributed by atoms with Crippen LogP contribution in [-0.4, -0.2) is 18.1 Å². The fourth-order valence-corrected chi connectivity index (χ4v) is 1.61. The second kappa shape index (κ2) is 8.28. The van der Waals surface area contributed by atoms with Crippen LogP contribution in [0.25, 0.3) is 0 Å². The zero-order valence-electron chi connectivity index (χ0n) is 12.8. The molecule has 0 spiro atoms. The monoisotopic (exact) mass is 264 g/mol. The van der Waals surface area contributed by atoms with Crippen molar-refractivity contribution >= 4 is 0 Å². The van der Waals surface area contributed by atoms with E-state index in [4.69, 9.17) is 4.74 Å². The number of nitrogens with zero attached hydrogens (tertiary/aromatic N) is 1. The third-order valence-corrected chi connectivity index (χ3v) is 2.89. The molecule has 3 nitrogen and oxygen atoms in total. The lowest BCUT2D eigenvalue weighted by Gasteiger charge is -2.17. The molecule has 1 aromatic heterocycles. The minimum atomic E-state index is 0.336. The first-order chi connectivity index (χ1) is 9.01. The van der Waals surface area contributed by atoms with E-state index in [1.807, 2.05) is 6.20 Å². The van der Waals surface area contributed by atoms with Crippen molar-refractivity contribution in [2.45, 2.75) is 53.7 Å². The fourth-order valence-electron chi connectivity index (χ4n) is 1.61. The maximum atomic E-state index is 5.66. The summed E-state index contributed by atoms with van der Waals surface area (Å²) in [5.41, 5.74) is 2.57. The van der Waals surface area contributed by atoms with Gasteiger partial charge in [0.25, 0.3) is 0 Å². The number of hydrogen-bond acceptors (Lipinski definition) is 3. The Morgan fingerprint density at radius 1 is 1.26 bits per heavy atom. The van der Waals surface area contributed by atoms with Crippen LogP contribution in [0.4, 0.5) is 0 Å². The molecule has 108 valence electrons. The molecular formula is C16H28N2O. The van der Waals surface area contributed by atoms with Crippen LogP contribution in [0.5, 0.6) is 0 Å². The van der Waals surface area contributed by atoms with E-state index in [1.54, 1.807) is 0 Å². The van der Waals surface area contributed by atoms with E-state index in [0.29, 0.717) is 12.0 Å². The predicted molar refractivity (Wildman–Crippen MR) is 80.0 cm³/mol. The van der Waals surface area contributed by atoms with Crippen molar-refractivity contribution in [2.75, 3.05) is 13.2 Å². The Morgan fingerprint density at radius 2 is 2.05 bits per heavy atom. The Balaban J connectivity index is 2.24. The summed E-state index contributed by atoms with van der Waals surface area (Å²) in [6, 6.07) is 4.18. The number of pyridine rings is 1. The number of nitrogens with one attached hydrogen (secondary N) is 1. The number of hydrogen-bond donors (Lipinski definition) is 1. The van der Waals surface area contributed by atoms with Gasteiger partial charge in [0.05, 0.1) is 12.3 Å². The Bertz CT molecular complexity index is 341. The van der Waals surface area contributed by atoms with Crippen LogP contribution in [0.2, 0.25) is 0 Å². The Hall–Kier alpha value is -0.930. The maximum Gasteiger partial charge on any atom is 0.0887 e. The minimum absolute atomic E-state index is 0.336. The van der Waals surface area contributed by atoms with Crippen LogP contribution in [0.1, 0.15) is 51.8 Å². The van der Waals surface area contributed by atoms with E-state index in [9.17, 15) is 0 Å². The van der Waals surface area contributed by atoms with Gasteiger partial charge in [0.1, 0.15) is 0 Å². The highest BCUT2D eigenvalue weighted by atomic mass is 16.5. The lowest BCUT2D eigenvalue weighted by atomic mass is 9.93.